The molecule has 0 N–H and O–H groups in total. The molecule has 1 rings (SSSR count). The van der Waals surface area contributed by atoms with E-state index in [1.165, 1.54) is 0 Å². The third-order valence-electron chi connectivity index (χ3n) is 3.29. The molecule has 1 aliphatic carbocycles. The summed E-state index contributed by atoms with van der Waals surface area (Å²) in [6.07, 6.45) is 3.82. The highest BCUT2D eigenvalue weighted by atomic mass is 32.2. The third kappa shape index (κ3) is 2.94. The van der Waals surface area contributed by atoms with Gasteiger partial charge >= 0.3 is 0 Å². The Bertz CT molecular complexity index is 342. The molecule has 3 nitrogen and oxygen atoms in total. The lowest BCUT2D eigenvalue weighted by molar-refractivity contribution is 0.380. The maximum Gasteiger partial charge on any atom is 0.156 e. The van der Waals surface area contributed by atoms with Crippen molar-refractivity contribution in [3.8, 4) is 6.07 Å². The van der Waals surface area contributed by atoms with Gasteiger partial charge in [0.2, 0.25) is 0 Å². The highest BCUT2D eigenvalue weighted by Gasteiger charge is 2.33. The van der Waals surface area contributed by atoms with E-state index in [4.69, 9.17) is 5.26 Å². The fourth-order valence-corrected chi connectivity index (χ4v) is 4.31. The van der Waals surface area contributed by atoms with Crippen LogP contribution in [0.15, 0.2) is 0 Å². The van der Waals surface area contributed by atoms with E-state index >= 15 is 0 Å². The van der Waals surface area contributed by atoms with Gasteiger partial charge in [-0.25, -0.2) is 8.42 Å². The van der Waals surface area contributed by atoms with Crippen molar-refractivity contribution in [2.45, 2.75) is 56.5 Å². The molecule has 3 unspecified atom stereocenters. The van der Waals surface area contributed by atoms with Crippen LogP contribution in [-0.2, 0) is 9.84 Å². The number of hydrogen-bond acceptors (Lipinski definition) is 3. The summed E-state index contributed by atoms with van der Waals surface area (Å²) >= 11 is 0. The average Bonchev–Trinajstić information content (AvgIpc) is 2.18. The Kier molecular flexibility index (Phi) is 4.15. The predicted molar refractivity (Wildman–Crippen MR) is 60.0 cm³/mol. The Balaban J connectivity index is 2.73. The monoisotopic (exact) mass is 229 g/mol. The SMILES string of the molecule is CC1CCCC(S(=O)(=O)C(C)CC#N)C1. The van der Waals surface area contributed by atoms with Crippen molar-refractivity contribution in [1.82, 2.24) is 0 Å². The van der Waals surface area contributed by atoms with Gasteiger partial charge in [0.15, 0.2) is 9.84 Å². The number of rotatable bonds is 3. The first kappa shape index (κ1) is 12.5. The lowest BCUT2D eigenvalue weighted by Crippen LogP contribution is -2.33. The van der Waals surface area contributed by atoms with E-state index in [-0.39, 0.29) is 11.7 Å². The molecule has 1 fully saturated rings. The molecule has 0 bridgehead atoms. The second-order valence-corrected chi connectivity index (χ2v) is 7.31. The summed E-state index contributed by atoms with van der Waals surface area (Å²) in [6, 6.07) is 1.94. The number of nitrogens with zero attached hydrogens (tertiary/aromatic N) is 1. The van der Waals surface area contributed by atoms with Crippen LogP contribution in [0.2, 0.25) is 0 Å². The van der Waals surface area contributed by atoms with Gasteiger partial charge in [-0.05, 0) is 25.7 Å². The van der Waals surface area contributed by atoms with Crippen LogP contribution in [0.5, 0.6) is 0 Å². The van der Waals surface area contributed by atoms with Crippen molar-refractivity contribution >= 4 is 9.84 Å². The second-order valence-electron chi connectivity index (χ2n) is 4.66. The van der Waals surface area contributed by atoms with Gasteiger partial charge in [0.05, 0.1) is 23.0 Å². The third-order valence-corrected chi connectivity index (χ3v) is 5.94. The van der Waals surface area contributed by atoms with E-state index in [9.17, 15) is 8.42 Å². The molecule has 0 aliphatic heterocycles. The smallest absolute Gasteiger partial charge is 0.156 e. The molecule has 3 atom stereocenters. The lowest BCUT2D eigenvalue weighted by atomic mass is 9.91. The second kappa shape index (κ2) is 4.98. The summed E-state index contributed by atoms with van der Waals surface area (Å²) in [4.78, 5) is 0. The zero-order valence-corrected chi connectivity index (χ0v) is 10.3. The summed E-state index contributed by atoms with van der Waals surface area (Å²) in [5, 5.41) is 7.83. The molecule has 0 aromatic rings. The van der Waals surface area contributed by atoms with Gasteiger partial charge in [0.1, 0.15) is 0 Å². The normalized spacial score (nSPS) is 29.4. The van der Waals surface area contributed by atoms with E-state index in [1.54, 1.807) is 6.92 Å². The molecule has 1 aliphatic rings. The van der Waals surface area contributed by atoms with Crippen LogP contribution in [0.3, 0.4) is 0 Å². The summed E-state index contributed by atoms with van der Waals surface area (Å²) < 4.78 is 24.1. The quantitative estimate of drug-likeness (QED) is 0.746. The molecule has 86 valence electrons. The first-order valence-electron chi connectivity index (χ1n) is 5.58. The number of nitriles is 1. The average molecular weight is 229 g/mol. The molecule has 0 aromatic heterocycles. The molecule has 0 spiro atoms. The Morgan fingerprint density at radius 1 is 1.47 bits per heavy atom. The van der Waals surface area contributed by atoms with Crippen LogP contribution in [0.25, 0.3) is 0 Å². The lowest BCUT2D eigenvalue weighted by Gasteiger charge is -2.28. The van der Waals surface area contributed by atoms with E-state index < -0.39 is 15.1 Å². The molecule has 0 heterocycles. The highest BCUT2D eigenvalue weighted by molar-refractivity contribution is 7.92. The zero-order valence-electron chi connectivity index (χ0n) is 9.44. The van der Waals surface area contributed by atoms with Crippen LogP contribution in [0.1, 0.15) is 46.0 Å². The molecule has 1 saturated carbocycles. The molecule has 15 heavy (non-hydrogen) atoms. The van der Waals surface area contributed by atoms with Crippen molar-refractivity contribution in [2.75, 3.05) is 0 Å². The minimum atomic E-state index is -3.08. The molecule has 0 amide bonds. The van der Waals surface area contributed by atoms with Gasteiger partial charge in [-0.1, -0.05) is 19.8 Å². The Hall–Kier alpha value is -0.560. The van der Waals surface area contributed by atoms with Gasteiger partial charge in [0, 0.05) is 0 Å². The van der Waals surface area contributed by atoms with Crippen molar-refractivity contribution < 1.29 is 8.42 Å². The Morgan fingerprint density at radius 3 is 2.67 bits per heavy atom. The summed E-state index contributed by atoms with van der Waals surface area (Å²) in [5.41, 5.74) is 0. The fraction of sp³-hybridized carbons (Fsp3) is 0.909. The molecule has 0 saturated heterocycles. The highest BCUT2D eigenvalue weighted by Crippen LogP contribution is 2.30. The van der Waals surface area contributed by atoms with E-state index in [0.29, 0.717) is 5.92 Å². The summed E-state index contributed by atoms with van der Waals surface area (Å²) in [7, 11) is -3.08. The van der Waals surface area contributed by atoms with E-state index in [1.807, 2.05) is 6.07 Å². The molecule has 0 radical (unpaired) electrons. The standard InChI is InChI=1S/C11H19NO2S/c1-9-4-3-5-11(8-9)15(13,14)10(2)6-7-12/h9-11H,3-6,8H2,1-2H3. The summed E-state index contributed by atoms with van der Waals surface area (Å²) in [5.74, 6) is 0.507. The molecule has 4 heteroatoms. The van der Waals surface area contributed by atoms with Crippen LogP contribution in [0.4, 0.5) is 0 Å². The van der Waals surface area contributed by atoms with E-state index in [2.05, 4.69) is 6.92 Å². The van der Waals surface area contributed by atoms with Crippen LogP contribution < -0.4 is 0 Å². The van der Waals surface area contributed by atoms with Gasteiger partial charge in [-0.15, -0.1) is 0 Å². The number of sulfone groups is 1. The maximum atomic E-state index is 12.1. The van der Waals surface area contributed by atoms with Gasteiger partial charge < -0.3 is 0 Å². The van der Waals surface area contributed by atoms with E-state index in [0.717, 1.165) is 25.7 Å². The van der Waals surface area contributed by atoms with Crippen LogP contribution in [0, 0.1) is 17.2 Å². The fourth-order valence-electron chi connectivity index (χ4n) is 2.25. The van der Waals surface area contributed by atoms with Crippen LogP contribution >= 0.6 is 0 Å². The van der Waals surface area contributed by atoms with Crippen LogP contribution in [-0.4, -0.2) is 18.9 Å². The van der Waals surface area contributed by atoms with Gasteiger partial charge in [-0.2, -0.15) is 5.26 Å². The van der Waals surface area contributed by atoms with Crippen molar-refractivity contribution in [3.63, 3.8) is 0 Å². The predicted octanol–water partition coefficient (Wildman–Crippen LogP) is 2.28. The maximum absolute atomic E-state index is 12.1. The zero-order chi connectivity index (χ0) is 11.5. The van der Waals surface area contributed by atoms with Gasteiger partial charge in [-0.3, -0.25) is 0 Å². The first-order chi connectivity index (χ1) is 6.98. The Morgan fingerprint density at radius 2 is 2.13 bits per heavy atom. The first-order valence-corrected chi connectivity index (χ1v) is 7.19. The largest absolute Gasteiger partial charge is 0.228 e. The van der Waals surface area contributed by atoms with Crippen molar-refractivity contribution in [3.05, 3.63) is 0 Å². The topological polar surface area (TPSA) is 57.9 Å². The number of hydrogen-bond donors (Lipinski definition) is 0. The minimum absolute atomic E-state index is 0.118. The van der Waals surface area contributed by atoms with Crippen molar-refractivity contribution in [2.24, 2.45) is 5.92 Å². The minimum Gasteiger partial charge on any atom is -0.228 e. The molecular formula is C11H19NO2S. The summed E-state index contributed by atoms with van der Waals surface area (Å²) in [6.45, 7) is 3.76. The molecular weight excluding hydrogens is 210 g/mol. The Labute approximate surface area is 92.4 Å². The van der Waals surface area contributed by atoms with Crippen molar-refractivity contribution in [1.29, 1.82) is 5.26 Å². The van der Waals surface area contributed by atoms with Gasteiger partial charge in [0.25, 0.3) is 0 Å². The molecule has 0 aromatic carbocycles.